The van der Waals surface area contributed by atoms with Crippen molar-refractivity contribution in [2.24, 2.45) is 0 Å². The second-order valence-corrected chi connectivity index (χ2v) is 5.84. The van der Waals surface area contributed by atoms with E-state index >= 15 is 0 Å². The average molecular weight is 370 g/mol. The number of nitrogens with one attached hydrogen (secondary N) is 3. The van der Waals surface area contributed by atoms with Crippen LogP contribution in [0.4, 0.5) is 4.39 Å². The van der Waals surface area contributed by atoms with Crippen LogP contribution in [0.1, 0.15) is 21.5 Å². The van der Waals surface area contributed by atoms with Gasteiger partial charge in [-0.3, -0.25) is 25.0 Å². The third kappa shape index (κ3) is 2.88. The molecule has 1 heterocycles. The van der Waals surface area contributed by atoms with Gasteiger partial charge in [0.2, 0.25) is 0 Å². The number of benzene rings is 2. The number of nitrogens with zero attached hydrogens (tertiary/aromatic N) is 1. The standard InChI is InChI=1S/C18H15FN4O4/c1-8-3-13-12(5-10(8)7-24)22-18(26)17(21)23(13)16(20)9-4-11(19)15(25)14(6-9)27-2/h3-7,20-21,25H,1-2H3,(H,22,26). The quantitative estimate of drug-likeness (QED) is 0.317. The minimum Gasteiger partial charge on any atom is -0.502 e. The van der Waals surface area contributed by atoms with Gasteiger partial charge in [0.15, 0.2) is 22.8 Å². The molecule has 0 saturated carbocycles. The minimum atomic E-state index is -1.00. The van der Waals surface area contributed by atoms with Crippen molar-refractivity contribution >= 4 is 23.2 Å². The third-order valence-electron chi connectivity index (χ3n) is 4.18. The zero-order valence-corrected chi connectivity index (χ0v) is 14.4. The van der Waals surface area contributed by atoms with Crippen LogP contribution in [0.3, 0.4) is 0 Å². The molecule has 0 aliphatic carbocycles. The molecule has 0 bridgehead atoms. The van der Waals surface area contributed by atoms with Crippen molar-refractivity contribution in [3.8, 4) is 11.5 Å². The predicted molar refractivity (Wildman–Crippen MR) is 95.4 cm³/mol. The number of ether oxygens (including phenoxy) is 1. The normalized spacial score (nSPS) is 10.8. The monoisotopic (exact) mass is 370 g/mol. The van der Waals surface area contributed by atoms with Crippen LogP contribution in [0, 0.1) is 23.6 Å². The summed E-state index contributed by atoms with van der Waals surface area (Å²) >= 11 is 0. The molecule has 0 aliphatic heterocycles. The summed E-state index contributed by atoms with van der Waals surface area (Å²) in [6.45, 7) is 1.68. The Morgan fingerprint density at radius 2 is 2.04 bits per heavy atom. The van der Waals surface area contributed by atoms with Crippen molar-refractivity contribution in [2.75, 3.05) is 7.11 Å². The lowest BCUT2D eigenvalue weighted by Gasteiger charge is -2.15. The van der Waals surface area contributed by atoms with Gasteiger partial charge in [-0.1, -0.05) is 0 Å². The van der Waals surface area contributed by atoms with Crippen LogP contribution in [0.15, 0.2) is 29.1 Å². The molecule has 0 atom stereocenters. The van der Waals surface area contributed by atoms with E-state index in [1.807, 2.05) is 0 Å². The van der Waals surface area contributed by atoms with E-state index in [1.165, 1.54) is 19.2 Å². The van der Waals surface area contributed by atoms with Crippen LogP contribution in [-0.4, -0.2) is 33.9 Å². The van der Waals surface area contributed by atoms with E-state index in [2.05, 4.69) is 4.98 Å². The molecule has 138 valence electrons. The highest BCUT2D eigenvalue weighted by Gasteiger charge is 2.17. The molecular formula is C18H15FN4O4. The number of H-pyrrole nitrogens is 1. The van der Waals surface area contributed by atoms with E-state index in [0.29, 0.717) is 22.9 Å². The largest absolute Gasteiger partial charge is 0.502 e. The van der Waals surface area contributed by atoms with Crippen molar-refractivity contribution in [2.45, 2.75) is 6.92 Å². The van der Waals surface area contributed by atoms with Gasteiger partial charge >= 0.3 is 0 Å². The van der Waals surface area contributed by atoms with Gasteiger partial charge in [0.05, 0.1) is 18.1 Å². The summed E-state index contributed by atoms with van der Waals surface area (Å²) in [7, 11) is 1.23. The summed E-state index contributed by atoms with van der Waals surface area (Å²) in [5.74, 6) is -2.26. The van der Waals surface area contributed by atoms with Crippen molar-refractivity contribution in [3.63, 3.8) is 0 Å². The Bertz CT molecular complexity index is 1230. The van der Waals surface area contributed by atoms with Crippen molar-refractivity contribution in [1.29, 1.82) is 10.8 Å². The second-order valence-electron chi connectivity index (χ2n) is 5.84. The number of halogens is 1. The molecule has 3 aromatic rings. The van der Waals surface area contributed by atoms with E-state index in [-0.39, 0.29) is 22.7 Å². The fourth-order valence-electron chi connectivity index (χ4n) is 2.75. The van der Waals surface area contributed by atoms with Gasteiger partial charge < -0.3 is 14.8 Å². The van der Waals surface area contributed by atoms with E-state index < -0.39 is 22.6 Å². The number of rotatable bonds is 3. The Labute approximate surface area is 151 Å². The molecule has 0 fully saturated rings. The molecule has 0 spiro atoms. The number of carbonyl (C=O) groups excluding carboxylic acids is 1. The third-order valence-corrected chi connectivity index (χ3v) is 4.18. The van der Waals surface area contributed by atoms with Gasteiger partial charge in [-0.15, -0.1) is 0 Å². The van der Waals surface area contributed by atoms with Crippen molar-refractivity contribution in [3.05, 3.63) is 62.6 Å². The van der Waals surface area contributed by atoms with Gasteiger partial charge in [-0.2, -0.15) is 0 Å². The van der Waals surface area contributed by atoms with Crippen LogP contribution < -0.4 is 15.8 Å². The van der Waals surface area contributed by atoms with Crippen LogP contribution in [-0.2, 0) is 0 Å². The van der Waals surface area contributed by atoms with Crippen molar-refractivity contribution < 1.29 is 19.0 Å². The van der Waals surface area contributed by atoms with Crippen LogP contribution in [0.5, 0.6) is 11.5 Å². The van der Waals surface area contributed by atoms with E-state index in [4.69, 9.17) is 15.6 Å². The number of carbonyl (C=O) groups is 1. The molecule has 9 heteroatoms. The van der Waals surface area contributed by atoms with Gasteiger partial charge in [-0.25, -0.2) is 4.39 Å². The summed E-state index contributed by atoms with van der Waals surface area (Å²) in [6.07, 6.45) is 0.636. The molecule has 8 nitrogen and oxygen atoms in total. The molecule has 2 aromatic carbocycles. The Morgan fingerprint density at radius 3 is 2.67 bits per heavy atom. The SMILES string of the molecule is COc1cc(C(=N)n2c(=N)c(=O)[nH]c3cc(C=O)c(C)cc32)cc(F)c1O. The minimum absolute atomic E-state index is 0.00957. The number of aromatic hydroxyl groups is 1. The number of hydrogen-bond acceptors (Lipinski definition) is 6. The van der Waals surface area contributed by atoms with Gasteiger partial charge in [0.25, 0.3) is 5.56 Å². The van der Waals surface area contributed by atoms with E-state index in [1.54, 1.807) is 13.0 Å². The van der Waals surface area contributed by atoms with Crippen LogP contribution in [0.25, 0.3) is 11.0 Å². The Morgan fingerprint density at radius 1 is 1.33 bits per heavy atom. The van der Waals surface area contributed by atoms with Gasteiger partial charge in [0.1, 0.15) is 12.1 Å². The predicted octanol–water partition coefficient (Wildman–Crippen LogP) is 1.66. The molecule has 0 aliphatic rings. The first-order valence-corrected chi connectivity index (χ1v) is 7.73. The smallest absolute Gasteiger partial charge is 0.291 e. The number of aromatic amines is 1. The zero-order chi connectivity index (χ0) is 19.9. The molecule has 1 aromatic heterocycles. The first-order valence-electron chi connectivity index (χ1n) is 7.73. The number of phenolic OH excluding ortho intramolecular Hbond substituents is 1. The maximum absolute atomic E-state index is 14.0. The number of aromatic nitrogens is 2. The summed E-state index contributed by atoms with van der Waals surface area (Å²) < 4.78 is 19.9. The average Bonchev–Trinajstić information content (AvgIpc) is 2.64. The van der Waals surface area contributed by atoms with E-state index in [9.17, 15) is 19.1 Å². The Balaban J connectivity index is 2.35. The molecule has 3 rings (SSSR count). The number of fused-ring (bicyclic) bond motifs is 1. The highest BCUT2D eigenvalue weighted by atomic mass is 19.1. The lowest BCUT2D eigenvalue weighted by atomic mass is 10.1. The van der Waals surface area contributed by atoms with Crippen LogP contribution in [0.2, 0.25) is 0 Å². The second kappa shape index (κ2) is 6.52. The lowest BCUT2D eigenvalue weighted by molar-refractivity contribution is 0.112. The van der Waals surface area contributed by atoms with Crippen molar-refractivity contribution in [1.82, 2.24) is 9.55 Å². The fourth-order valence-corrected chi connectivity index (χ4v) is 2.75. The number of methoxy groups -OCH3 is 1. The highest BCUT2D eigenvalue weighted by Crippen LogP contribution is 2.30. The molecule has 0 unspecified atom stereocenters. The molecule has 0 saturated heterocycles. The molecule has 4 N–H and O–H groups in total. The molecule has 0 radical (unpaired) electrons. The summed E-state index contributed by atoms with van der Waals surface area (Å²) in [5, 5.41) is 26.1. The first kappa shape index (κ1) is 18.1. The number of aryl methyl sites for hydroxylation is 1. The fraction of sp³-hybridized carbons (Fsp3) is 0.111. The van der Waals surface area contributed by atoms with Gasteiger partial charge in [0, 0.05) is 11.1 Å². The van der Waals surface area contributed by atoms with E-state index in [0.717, 1.165) is 10.6 Å². The topological polar surface area (TPSA) is 132 Å². The summed E-state index contributed by atoms with van der Waals surface area (Å²) in [6, 6.07) is 5.13. The lowest BCUT2D eigenvalue weighted by Crippen LogP contribution is -2.40. The molecular weight excluding hydrogens is 355 g/mol. The Kier molecular flexibility index (Phi) is 4.36. The Hall–Kier alpha value is -3.75. The molecule has 27 heavy (non-hydrogen) atoms. The molecule has 0 amide bonds. The highest BCUT2D eigenvalue weighted by molar-refractivity contribution is 6.03. The summed E-state index contributed by atoms with van der Waals surface area (Å²) in [5.41, 5.74) is 0.146. The number of hydrogen-bond donors (Lipinski definition) is 4. The zero-order valence-electron chi connectivity index (χ0n) is 14.4. The number of phenols is 1. The van der Waals surface area contributed by atoms with Gasteiger partial charge in [-0.05, 0) is 36.8 Å². The maximum atomic E-state index is 14.0. The first-order chi connectivity index (χ1) is 12.8. The summed E-state index contributed by atoms with van der Waals surface area (Å²) in [4.78, 5) is 25.8. The van der Waals surface area contributed by atoms with Crippen LogP contribution >= 0.6 is 0 Å². The number of aldehydes is 1. The maximum Gasteiger partial charge on any atom is 0.291 e.